The van der Waals surface area contributed by atoms with E-state index in [9.17, 15) is 0 Å². The van der Waals surface area contributed by atoms with Gasteiger partial charge in [-0.25, -0.2) is 0 Å². The van der Waals surface area contributed by atoms with Crippen LogP contribution in [-0.4, -0.2) is 75.3 Å². The molecule has 24 heavy (non-hydrogen) atoms. The largest absolute Gasteiger partial charge is 0.381 e. The molecule has 3 rings (SSSR count). The average Bonchev–Trinajstić information content (AvgIpc) is 3.18. The molecule has 0 aromatic carbocycles. The molecule has 0 aromatic heterocycles. The van der Waals surface area contributed by atoms with Gasteiger partial charge in [-0.3, -0.25) is 4.99 Å². The minimum absolute atomic E-state index is 0.265. The molecule has 0 amide bonds. The lowest BCUT2D eigenvalue weighted by Gasteiger charge is -2.45. The molecule has 3 unspecified atom stereocenters. The second-order valence-electron chi connectivity index (χ2n) is 8.70. The fourth-order valence-electron chi connectivity index (χ4n) is 5.02. The maximum atomic E-state index is 5.66. The van der Waals surface area contributed by atoms with E-state index in [1.165, 1.54) is 38.5 Å². The molecular weight excluding hydrogens is 300 g/mol. The Hall–Kier alpha value is -0.810. The number of likely N-dealkylation sites (tertiary alicyclic amines) is 1. The van der Waals surface area contributed by atoms with Gasteiger partial charge in [0.15, 0.2) is 5.96 Å². The zero-order valence-corrected chi connectivity index (χ0v) is 16.1. The van der Waals surface area contributed by atoms with Gasteiger partial charge in [0.05, 0.1) is 6.61 Å². The Morgan fingerprint density at radius 3 is 2.79 bits per heavy atom. The average molecular weight is 337 g/mol. The Balaban J connectivity index is 1.61. The molecule has 0 bridgehead atoms. The van der Waals surface area contributed by atoms with Crippen LogP contribution in [0.1, 0.15) is 45.4 Å². The summed E-state index contributed by atoms with van der Waals surface area (Å²) in [5.74, 6) is 1.90. The third kappa shape index (κ3) is 3.57. The Bertz CT molecular complexity index is 458. The molecule has 1 aliphatic carbocycles. The smallest absolute Gasteiger partial charge is 0.193 e. The highest BCUT2D eigenvalue weighted by Gasteiger charge is 2.43. The number of hydrogen-bond donors (Lipinski definition) is 1. The Morgan fingerprint density at radius 2 is 2.17 bits per heavy atom. The van der Waals surface area contributed by atoms with Crippen LogP contribution in [0.2, 0.25) is 0 Å². The molecule has 2 saturated heterocycles. The first-order valence-corrected chi connectivity index (χ1v) is 9.69. The lowest BCUT2D eigenvalue weighted by atomic mass is 9.75. The molecule has 3 fully saturated rings. The summed E-state index contributed by atoms with van der Waals surface area (Å²) in [4.78, 5) is 9.48. The highest BCUT2D eigenvalue weighted by Crippen LogP contribution is 2.38. The summed E-state index contributed by atoms with van der Waals surface area (Å²) in [6, 6.07) is 0. The zero-order valence-electron chi connectivity index (χ0n) is 16.1. The van der Waals surface area contributed by atoms with Crippen LogP contribution in [0.4, 0.5) is 0 Å². The van der Waals surface area contributed by atoms with Crippen LogP contribution in [0, 0.1) is 11.3 Å². The summed E-state index contributed by atoms with van der Waals surface area (Å²) in [6.45, 7) is 7.46. The van der Waals surface area contributed by atoms with Gasteiger partial charge in [0.25, 0.3) is 0 Å². The normalized spacial score (nSPS) is 37.6. The summed E-state index contributed by atoms with van der Waals surface area (Å²) in [5, 5.41) is 3.72. The standard InChI is InChI=1S/C19H36N4O/c1-16-6-5-7-19(12-16,22(3)4)13-21-17(20-2)23-10-8-18(14-23)9-11-24-15-18/h16H,5-15H2,1-4H3,(H,20,21). The fourth-order valence-corrected chi connectivity index (χ4v) is 5.02. The van der Waals surface area contributed by atoms with Crippen LogP contribution < -0.4 is 5.32 Å². The third-order valence-electron chi connectivity index (χ3n) is 6.73. The zero-order chi connectivity index (χ0) is 17.2. The van der Waals surface area contributed by atoms with Gasteiger partial charge < -0.3 is 19.9 Å². The molecule has 1 saturated carbocycles. The van der Waals surface area contributed by atoms with Crippen molar-refractivity contribution in [2.45, 2.75) is 51.0 Å². The number of aliphatic imine (C=N–C) groups is 1. The predicted octanol–water partition coefficient (Wildman–Crippen LogP) is 2.18. The summed E-state index contributed by atoms with van der Waals surface area (Å²) in [7, 11) is 6.40. The molecule has 2 heterocycles. The Morgan fingerprint density at radius 1 is 1.33 bits per heavy atom. The van der Waals surface area contributed by atoms with Crippen LogP contribution in [0.25, 0.3) is 0 Å². The molecule has 5 nitrogen and oxygen atoms in total. The van der Waals surface area contributed by atoms with E-state index in [-0.39, 0.29) is 5.54 Å². The highest BCUT2D eigenvalue weighted by atomic mass is 16.5. The van der Waals surface area contributed by atoms with Crippen LogP contribution >= 0.6 is 0 Å². The molecule has 2 aliphatic heterocycles. The van der Waals surface area contributed by atoms with E-state index in [0.29, 0.717) is 5.41 Å². The number of nitrogens with zero attached hydrogens (tertiary/aromatic N) is 3. The Kier molecular flexibility index (Phi) is 5.40. The molecule has 1 spiro atoms. The van der Waals surface area contributed by atoms with Crippen molar-refractivity contribution in [2.75, 3.05) is 54.0 Å². The maximum Gasteiger partial charge on any atom is 0.193 e. The van der Waals surface area contributed by atoms with Gasteiger partial charge in [0.1, 0.15) is 0 Å². The van der Waals surface area contributed by atoms with Crippen LogP contribution in [-0.2, 0) is 4.74 Å². The molecule has 0 radical (unpaired) electrons. The number of nitrogens with one attached hydrogen (secondary N) is 1. The number of hydrogen-bond acceptors (Lipinski definition) is 3. The van der Waals surface area contributed by atoms with E-state index in [2.05, 4.69) is 41.1 Å². The fraction of sp³-hybridized carbons (Fsp3) is 0.947. The molecular formula is C19H36N4O. The van der Waals surface area contributed by atoms with Gasteiger partial charge >= 0.3 is 0 Å². The van der Waals surface area contributed by atoms with Crippen LogP contribution in [0.15, 0.2) is 4.99 Å². The van der Waals surface area contributed by atoms with Crippen molar-refractivity contribution in [2.24, 2.45) is 16.3 Å². The predicted molar refractivity (Wildman–Crippen MR) is 99.5 cm³/mol. The molecule has 138 valence electrons. The van der Waals surface area contributed by atoms with Crippen molar-refractivity contribution < 1.29 is 4.74 Å². The summed E-state index contributed by atoms with van der Waals surface area (Å²) < 4.78 is 5.66. The van der Waals surface area contributed by atoms with Crippen molar-refractivity contribution in [3.8, 4) is 0 Å². The van der Waals surface area contributed by atoms with Crippen LogP contribution in [0.5, 0.6) is 0 Å². The summed E-state index contributed by atoms with van der Waals surface area (Å²) in [6.07, 6.45) is 7.72. The number of rotatable bonds is 3. The van der Waals surface area contributed by atoms with E-state index < -0.39 is 0 Å². The second kappa shape index (κ2) is 7.20. The van der Waals surface area contributed by atoms with E-state index >= 15 is 0 Å². The van der Waals surface area contributed by atoms with E-state index in [0.717, 1.165) is 44.7 Å². The lowest BCUT2D eigenvalue weighted by molar-refractivity contribution is 0.0789. The van der Waals surface area contributed by atoms with Gasteiger partial charge in [0, 0.05) is 44.2 Å². The Labute approximate surface area is 147 Å². The number of ether oxygens (including phenoxy) is 1. The quantitative estimate of drug-likeness (QED) is 0.633. The summed E-state index contributed by atoms with van der Waals surface area (Å²) in [5.41, 5.74) is 0.650. The SMILES string of the molecule is CN=C(NCC1(N(C)C)CCCC(C)C1)N1CCC2(CCOC2)C1. The van der Waals surface area contributed by atoms with E-state index in [1.807, 2.05) is 7.05 Å². The minimum atomic E-state index is 0.265. The monoisotopic (exact) mass is 336 g/mol. The first-order valence-electron chi connectivity index (χ1n) is 9.69. The first kappa shape index (κ1) is 18.0. The third-order valence-corrected chi connectivity index (χ3v) is 6.73. The number of guanidine groups is 1. The van der Waals surface area contributed by atoms with Gasteiger partial charge in [-0.1, -0.05) is 19.8 Å². The maximum absolute atomic E-state index is 5.66. The van der Waals surface area contributed by atoms with Gasteiger partial charge in [-0.2, -0.15) is 0 Å². The van der Waals surface area contributed by atoms with Crippen molar-refractivity contribution >= 4 is 5.96 Å². The molecule has 0 aromatic rings. The highest BCUT2D eigenvalue weighted by molar-refractivity contribution is 5.80. The topological polar surface area (TPSA) is 40.1 Å². The second-order valence-corrected chi connectivity index (χ2v) is 8.70. The lowest BCUT2D eigenvalue weighted by Crippen LogP contribution is -2.56. The first-order chi connectivity index (χ1) is 11.5. The van der Waals surface area contributed by atoms with Gasteiger partial charge in [-0.05, 0) is 45.7 Å². The minimum Gasteiger partial charge on any atom is -0.381 e. The number of likely N-dealkylation sites (N-methyl/N-ethyl adjacent to an activating group) is 1. The van der Waals surface area contributed by atoms with Crippen molar-refractivity contribution in [1.29, 1.82) is 0 Å². The molecule has 5 heteroatoms. The summed E-state index contributed by atoms with van der Waals surface area (Å²) >= 11 is 0. The van der Waals surface area contributed by atoms with Crippen molar-refractivity contribution in [1.82, 2.24) is 15.1 Å². The molecule has 3 aliphatic rings. The van der Waals surface area contributed by atoms with Crippen molar-refractivity contribution in [3.05, 3.63) is 0 Å². The van der Waals surface area contributed by atoms with Crippen molar-refractivity contribution in [3.63, 3.8) is 0 Å². The van der Waals surface area contributed by atoms with E-state index in [4.69, 9.17) is 4.74 Å². The van der Waals surface area contributed by atoms with Gasteiger partial charge in [-0.15, -0.1) is 0 Å². The molecule has 1 N–H and O–H groups in total. The van der Waals surface area contributed by atoms with E-state index in [1.54, 1.807) is 0 Å². The molecule has 3 atom stereocenters. The van der Waals surface area contributed by atoms with Gasteiger partial charge in [0.2, 0.25) is 0 Å². The van der Waals surface area contributed by atoms with Crippen LogP contribution in [0.3, 0.4) is 0 Å².